The van der Waals surface area contributed by atoms with Crippen LogP contribution in [0.1, 0.15) is 22.6 Å². The van der Waals surface area contributed by atoms with Gasteiger partial charge in [-0.1, -0.05) is 5.21 Å². The number of aromatic carboxylic acids is 1. The van der Waals surface area contributed by atoms with Gasteiger partial charge in [-0.05, 0) is 6.42 Å². The first-order valence-corrected chi connectivity index (χ1v) is 6.94. The number of carboxylic acid groups (broad SMARTS) is 1. The van der Waals surface area contributed by atoms with Crippen LogP contribution in [0.5, 0.6) is 0 Å². The summed E-state index contributed by atoms with van der Waals surface area (Å²) in [6.45, 7) is 0.271. The number of sulfone groups is 1. The van der Waals surface area contributed by atoms with Gasteiger partial charge >= 0.3 is 5.97 Å². The van der Waals surface area contributed by atoms with E-state index in [1.54, 1.807) is 0 Å². The van der Waals surface area contributed by atoms with E-state index < -0.39 is 15.8 Å². The lowest BCUT2D eigenvalue weighted by Gasteiger charge is -2.04. The minimum atomic E-state index is -3.03. The van der Waals surface area contributed by atoms with E-state index in [1.807, 2.05) is 0 Å². The average Bonchev–Trinajstić information content (AvgIpc) is 2.58. The Morgan fingerprint density at radius 3 is 2.65 bits per heavy atom. The second-order valence-corrected chi connectivity index (χ2v) is 5.86. The van der Waals surface area contributed by atoms with E-state index in [9.17, 15) is 13.2 Å². The SMILES string of the molecule is CS(=O)(=O)CCCn1nnc(C(=O)O)c1CN. The number of hydrogen-bond donors (Lipinski definition) is 2. The van der Waals surface area contributed by atoms with Crippen LogP contribution in [0.2, 0.25) is 0 Å². The second kappa shape index (κ2) is 5.23. The minimum absolute atomic E-state index is 0.00644. The molecule has 0 radical (unpaired) electrons. The molecule has 0 bridgehead atoms. The van der Waals surface area contributed by atoms with Crippen molar-refractivity contribution >= 4 is 15.8 Å². The molecule has 1 rings (SSSR count). The van der Waals surface area contributed by atoms with Gasteiger partial charge in [0.1, 0.15) is 9.84 Å². The number of carbonyl (C=O) groups is 1. The summed E-state index contributed by atoms with van der Waals surface area (Å²) in [7, 11) is -3.03. The first-order valence-electron chi connectivity index (χ1n) is 4.88. The Morgan fingerprint density at radius 1 is 1.53 bits per heavy atom. The Bertz CT molecular complexity index is 508. The topological polar surface area (TPSA) is 128 Å². The zero-order valence-corrected chi connectivity index (χ0v) is 10.1. The molecule has 0 spiro atoms. The molecule has 0 saturated heterocycles. The number of aromatic nitrogens is 3. The third-order valence-corrected chi connectivity index (χ3v) is 3.15. The maximum Gasteiger partial charge on any atom is 0.358 e. The van der Waals surface area contributed by atoms with Crippen LogP contribution in [0.25, 0.3) is 0 Å². The predicted molar refractivity (Wildman–Crippen MR) is 59.2 cm³/mol. The molecule has 1 aromatic rings. The first kappa shape index (κ1) is 13.6. The van der Waals surface area contributed by atoms with E-state index in [2.05, 4.69) is 10.3 Å². The van der Waals surface area contributed by atoms with Crippen LogP contribution in [0.4, 0.5) is 0 Å². The highest BCUT2D eigenvalue weighted by molar-refractivity contribution is 7.90. The van der Waals surface area contributed by atoms with Gasteiger partial charge in [0.2, 0.25) is 0 Å². The second-order valence-electron chi connectivity index (χ2n) is 3.60. The van der Waals surface area contributed by atoms with Crippen molar-refractivity contribution in [3.63, 3.8) is 0 Å². The molecule has 0 saturated carbocycles. The summed E-state index contributed by atoms with van der Waals surface area (Å²) in [6, 6.07) is 0. The lowest BCUT2D eigenvalue weighted by molar-refractivity contribution is 0.0689. The number of rotatable bonds is 6. The van der Waals surface area contributed by atoms with Crippen molar-refractivity contribution in [1.29, 1.82) is 0 Å². The Labute approximate surface area is 98.3 Å². The molecular formula is C8H14N4O4S. The maximum atomic E-state index is 10.9. The van der Waals surface area contributed by atoms with Crippen LogP contribution in [0.15, 0.2) is 0 Å². The first-order chi connectivity index (χ1) is 7.85. The summed E-state index contributed by atoms with van der Waals surface area (Å²) in [5, 5.41) is 15.9. The predicted octanol–water partition coefficient (Wildman–Crippen LogP) is -1.13. The summed E-state index contributed by atoms with van der Waals surface area (Å²) in [4.78, 5) is 10.8. The van der Waals surface area contributed by atoms with Gasteiger partial charge in [0, 0.05) is 19.3 Å². The molecule has 9 heteroatoms. The highest BCUT2D eigenvalue weighted by Crippen LogP contribution is 2.05. The fraction of sp³-hybridized carbons (Fsp3) is 0.625. The molecule has 1 heterocycles. The average molecular weight is 262 g/mol. The summed E-state index contributed by atoms with van der Waals surface area (Å²) in [6.07, 6.45) is 1.48. The van der Waals surface area contributed by atoms with E-state index in [0.29, 0.717) is 12.1 Å². The minimum Gasteiger partial charge on any atom is -0.476 e. The van der Waals surface area contributed by atoms with Crippen molar-refractivity contribution in [3.05, 3.63) is 11.4 Å². The van der Waals surface area contributed by atoms with Crippen molar-refractivity contribution in [2.45, 2.75) is 19.5 Å². The zero-order chi connectivity index (χ0) is 13.1. The molecule has 0 fully saturated rings. The van der Waals surface area contributed by atoms with Gasteiger partial charge in [-0.15, -0.1) is 5.10 Å². The van der Waals surface area contributed by atoms with Crippen LogP contribution >= 0.6 is 0 Å². The van der Waals surface area contributed by atoms with Gasteiger partial charge in [0.15, 0.2) is 5.69 Å². The third kappa shape index (κ3) is 3.79. The summed E-state index contributed by atoms with van der Waals surface area (Å²) < 4.78 is 23.2. The van der Waals surface area contributed by atoms with E-state index in [4.69, 9.17) is 10.8 Å². The number of aryl methyl sites for hydroxylation is 1. The molecule has 0 aromatic carbocycles. The van der Waals surface area contributed by atoms with Gasteiger partial charge < -0.3 is 10.8 Å². The van der Waals surface area contributed by atoms with Crippen LogP contribution in [-0.2, 0) is 22.9 Å². The van der Waals surface area contributed by atoms with E-state index in [-0.39, 0.29) is 24.5 Å². The van der Waals surface area contributed by atoms with E-state index in [0.717, 1.165) is 6.26 Å². The molecule has 8 nitrogen and oxygen atoms in total. The van der Waals surface area contributed by atoms with Crippen LogP contribution < -0.4 is 5.73 Å². The number of nitrogens with zero attached hydrogens (tertiary/aromatic N) is 3. The maximum absolute atomic E-state index is 10.9. The number of carboxylic acids is 1. The molecular weight excluding hydrogens is 248 g/mol. The highest BCUT2D eigenvalue weighted by atomic mass is 32.2. The van der Waals surface area contributed by atoms with Gasteiger partial charge in [-0.2, -0.15) is 0 Å². The van der Waals surface area contributed by atoms with Crippen LogP contribution in [-0.4, -0.2) is 46.5 Å². The van der Waals surface area contributed by atoms with Crippen LogP contribution in [0.3, 0.4) is 0 Å². The summed E-state index contributed by atoms with van der Waals surface area (Å²) >= 11 is 0. The fourth-order valence-corrected chi connectivity index (χ4v) is 2.01. The summed E-state index contributed by atoms with van der Waals surface area (Å²) in [5.74, 6) is -1.18. The molecule has 17 heavy (non-hydrogen) atoms. The van der Waals surface area contributed by atoms with E-state index in [1.165, 1.54) is 4.68 Å². The standard InChI is InChI=1S/C8H14N4O4S/c1-17(15,16)4-2-3-12-6(5-9)7(8(13)14)10-11-12/h2-5,9H2,1H3,(H,13,14). The Hall–Kier alpha value is -1.48. The summed E-state index contributed by atoms with van der Waals surface area (Å²) in [5.41, 5.74) is 5.52. The van der Waals surface area contributed by atoms with Crippen molar-refractivity contribution in [3.8, 4) is 0 Å². The molecule has 96 valence electrons. The largest absolute Gasteiger partial charge is 0.476 e. The Kier molecular flexibility index (Phi) is 4.18. The van der Waals surface area contributed by atoms with Crippen molar-refractivity contribution in [2.24, 2.45) is 5.73 Å². The monoisotopic (exact) mass is 262 g/mol. The third-order valence-electron chi connectivity index (χ3n) is 2.12. The van der Waals surface area contributed by atoms with Gasteiger partial charge in [0.25, 0.3) is 0 Å². The molecule has 0 unspecified atom stereocenters. The lowest BCUT2D eigenvalue weighted by atomic mass is 10.3. The Balaban J connectivity index is 2.75. The van der Waals surface area contributed by atoms with Crippen molar-refractivity contribution in [1.82, 2.24) is 15.0 Å². The molecule has 0 aliphatic heterocycles. The molecule has 1 aromatic heterocycles. The molecule has 0 atom stereocenters. The smallest absolute Gasteiger partial charge is 0.358 e. The number of nitrogens with two attached hydrogens (primary N) is 1. The van der Waals surface area contributed by atoms with Gasteiger partial charge in [0.05, 0.1) is 11.4 Å². The Morgan fingerprint density at radius 2 is 2.18 bits per heavy atom. The number of hydrogen-bond acceptors (Lipinski definition) is 6. The fourth-order valence-electron chi connectivity index (χ4n) is 1.36. The van der Waals surface area contributed by atoms with Gasteiger partial charge in [-0.25, -0.2) is 17.9 Å². The van der Waals surface area contributed by atoms with Crippen LogP contribution in [0, 0.1) is 0 Å². The molecule has 0 aliphatic rings. The lowest BCUT2D eigenvalue weighted by Crippen LogP contribution is -2.14. The quantitative estimate of drug-likeness (QED) is 0.663. The molecule has 0 aliphatic carbocycles. The normalized spacial score (nSPS) is 11.6. The van der Waals surface area contributed by atoms with Crippen molar-refractivity contribution in [2.75, 3.05) is 12.0 Å². The zero-order valence-electron chi connectivity index (χ0n) is 9.33. The highest BCUT2D eigenvalue weighted by Gasteiger charge is 2.17. The van der Waals surface area contributed by atoms with E-state index >= 15 is 0 Å². The molecule has 0 amide bonds. The molecule has 3 N–H and O–H groups in total. The van der Waals surface area contributed by atoms with Crippen molar-refractivity contribution < 1.29 is 18.3 Å². The van der Waals surface area contributed by atoms with Gasteiger partial charge in [-0.3, -0.25) is 0 Å².